The van der Waals surface area contributed by atoms with E-state index in [4.69, 9.17) is 32.7 Å². The van der Waals surface area contributed by atoms with Crippen molar-refractivity contribution in [2.75, 3.05) is 14.2 Å². The Hall–Kier alpha value is -0.940. The minimum Gasteiger partial charge on any atom is -0.493 e. The van der Waals surface area contributed by atoms with Gasteiger partial charge in [0.25, 0.3) is 0 Å². The number of methoxy groups -OCH3 is 2. The average molecular weight is 392 g/mol. The lowest BCUT2D eigenvalue weighted by atomic mass is 10.0. The SMILES string of the molecule is COc1cc(Cl)c(C(O)c2cc(Cl)cc(Br)c2)cc1OC. The number of aliphatic hydroxyl groups is 1. The van der Waals surface area contributed by atoms with Crippen LogP contribution in [0.1, 0.15) is 17.2 Å². The fourth-order valence-corrected chi connectivity index (χ4v) is 3.14. The molecule has 0 aliphatic carbocycles. The summed E-state index contributed by atoms with van der Waals surface area (Å²) in [6, 6.07) is 8.47. The molecule has 0 heterocycles. The molecule has 0 bridgehead atoms. The predicted octanol–water partition coefficient (Wildman–Crippen LogP) is 4.85. The molecule has 2 aromatic rings. The molecule has 21 heavy (non-hydrogen) atoms. The summed E-state index contributed by atoms with van der Waals surface area (Å²) in [6.45, 7) is 0. The first kappa shape index (κ1) is 16.4. The van der Waals surface area contributed by atoms with Gasteiger partial charge in [0.15, 0.2) is 11.5 Å². The van der Waals surface area contributed by atoms with Crippen molar-refractivity contribution in [3.8, 4) is 11.5 Å². The maximum atomic E-state index is 10.5. The largest absolute Gasteiger partial charge is 0.493 e. The Kier molecular flexibility index (Phi) is 5.38. The number of benzene rings is 2. The molecule has 2 rings (SSSR count). The first-order valence-corrected chi connectivity index (χ1v) is 7.56. The molecule has 6 heteroatoms. The lowest BCUT2D eigenvalue weighted by Gasteiger charge is -2.17. The maximum absolute atomic E-state index is 10.5. The second kappa shape index (κ2) is 6.88. The lowest BCUT2D eigenvalue weighted by molar-refractivity contribution is 0.219. The number of hydrogen-bond acceptors (Lipinski definition) is 3. The maximum Gasteiger partial charge on any atom is 0.162 e. The van der Waals surface area contributed by atoms with Crippen LogP contribution in [-0.2, 0) is 0 Å². The van der Waals surface area contributed by atoms with Gasteiger partial charge in [-0.1, -0.05) is 39.1 Å². The van der Waals surface area contributed by atoms with Crippen molar-refractivity contribution in [3.05, 3.63) is 56.0 Å². The first-order valence-electron chi connectivity index (χ1n) is 6.01. The van der Waals surface area contributed by atoms with Crippen LogP contribution in [0.3, 0.4) is 0 Å². The van der Waals surface area contributed by atoms with Crippen LogP contribution in [0.15, 0.2) is 34.8 Å². The van der Waals surface area contributed by atoms with Gasteiger partial charge in [0.05, 0.1) is 19.2 Å². The van der Waals surface area contributed by atoms with Crippen LogP contribution >= 0.6 is 39.1 Å². The number of aliphatic hydroxyl groups excluding tert-OH is 1. The number of ether oxygens (including phenoxy) is 2. The summed E-state index contributed by atoms with van der Waals surface area (Å²) < 4.78 is 11.2. The van der Waals surface area contributed by atoms with Crippen LogP contribution in [0.25, 0.3) is 0 Å². The minimum atomic E-state index is -0.924. The molecular formula is C15H13BrCl2O3. The molecule has 1 unspecified atom stereocenters. The summed E-state index contributed by atoms with van der Waals surface area (Å²) in [5, 5.41) is 11.5. The summed E-state index contributed by atoms with van der Waals surface area (Å²) in [5.41, 5.74) is 1.15. The van der Waals surface area contributed by atoms with Gasteiger partial charge in [-0.25, -0.2) is 0 Å². The zero-order valence-corrected chi connectivity index (χ0v) is 14.5. The quantitative estimate of drug-likeness (QED) is 0.809. The van der Waals surface area contributed by atoms with E-state index in [9.17, 15) is 5.11 Å². The van der Waals surface area contributed by atoms with Gasteiger partial charge < -0.3 is 14.6 Å². The van der Waals surface area contributed by atoms with Crippen molar-refractivity contribution in [1.29, 1.82) is 0 Å². The second-order valence-corrected chi connectivity index (χ2v) is 6.09. The van der Waals surface area contributed by atoms with Crippen molar-refractivity contribution in [2.45, 2.75) is 6.10 Å². The smallest absolute Gasteiger partial charge is 0.162 e. The highest BCUT2D eigenvalue weighted by Crippen LogP contribution is 2.38. The molecule has 0 aliphatic heterocycles. The van der Waals surface area contributed by atoms with Crippen LogP contribution in [0.5, 0.6) is 11.5 Å². The fraction of sp³-hybridized carbons (Fsp3) is 0.200. The molecule has 2 aromatic carbocycles. The van der Waals surface area contributed by atoms with Gasteiger partial charge >= 0.3 is 0 Å². The van der Waals surface area contributed by atoms with Crippen LogP contribution in [-0.4, -0.2) is 19.3 Å². The Morgan fingerprint density at radius 3 is 2.19 bits per heavy atom. The Balaban J connectivity index is 2.49. The molecule has 0 aliphatic rings. The highest BCUT2D eigenvalue weighted by atomic mass is 79.9. The number of halogens is 3. The molecule has 0 amide bonds. The monoisotopic (exact) mass is 390 g/mol. The molecule has 0 aromatic heterocycles. The molecular weight excluding hydrogens is 379 g/mol. The second-order valence-electron chi connectivity index (χ2n) is 4.33. The van der Waals surface area contributed by atoms with Gasteiger partial charge in [-0.15, -0.1) is 0 Å². The van der Waals surface area contributed by atoms with E-state index in [2.05, 4.69) is 15.9 Å². The molecule has 112 valence electrons. The molecule has 0 saturated heterocycles. The van der Waals surface area contributed by atoms with Gasteiger partial charge in [0, 0.05) is 21.1 Å². The number of rotatable bonds is 4. The molecule has 1 N–H and O–H groups in total. The van der Waals surface area contributed by atoms with E-state index in [1.54, 1.807) is 30.3 Å². The molecule has 1 atom stereocenters. The lowest BCUT2D eigenvalue weighted by Crippen LogP contribution is -2.02. The highest BCUT2D eigenvalue weighted by Gasteiger charge is 2.18. The van der Waals surface area contributed by atoms with Gasteiger partial charge in [-0.05, 0) is 29.8 Å². The van der Waals surface area contributed by atoms with Crippen molar-refractivity contribution >= 4 is 39.1 Å². The fourth-order valence-electron chi connectivity index (χ4n) is 1.99. The third kappa shape index (κ3) is 3.64. The Bertz CT molecular complexity index is 641. The van der Waals surface area contributed by atoms with Crippen LogP contribution in [0, 0.1) is 0 Å². The summed E-state index contributed by atoms with van der Waals surface area (Å²) in [5.74, 6) is 1.00. The first-order chi connectivity index (χ1) is 9.96. The van der Waals surface area contributed by atoms with Crippen molar-refractivity contribution < 1.29 is 14.6 Å². The zero-order valence-electron chi connectivity index (χ0n) is 11.4. The Labute approximate surface area is 141 Å². The molecule has 0 saturated carbocycles. The Morgan fingerprint density at radius 1 is 1.00 bits per heavy atom. The van der Waals surface area contributed by atoms with Gasteiger partial charge in [-0.2, -0.15) is 0 Å². The van der Waals surface area contributed by atoms with Gasteiger partial charge in [0.2, 0.25) is 0 Å². The normalized spacial score (nSPS) is 12.1. The topological polar surface area (TPSA) is 38.7 Å². The van der Waals surface area contributed by atoms with E-state index < -0.39 is 6.10 Å². The van der Waals surface area contributed by atoms with E-state index in [1.165, 1.54) is 14.2 Å². The van der Waals surface area contributed by atoms with E-state index >= 15 is 0 Å². The summed E-state index contributed by atoms with van der Waals surface area (Å²) in [4.78, 5) is 0. The van der Waals surface area contributed by atoms with Crippen molar-refractivity contribution in [3.63, 3.8) is 0 Å². The van der Waals surface area contributed by atoms with Crippen LogP contribution < -0.4 is 9.47 Å². The van der Waals surface area contributed by atoms with E-state index in [1.807, 2.05) is 0 Å². The van der Waals surface area contributed by atoms with Crippen molar-refractivity contribution in [1.82, 2.24) is 0 Å². The minimum absolute atomic E-state index is 0.385. The highest BCUT2D eigenvalue weighted by molar-refractivity contribution is 9.10. The third-order valence-corrected chi connectivity index (χ3v) is 4.00. The summed E-state index contributed by atoms with van der Waals surface area (Å²) >= 11 is 15.6. The predicted molar refractivity (Wildman–Crippen MR) is 87.8 cm³/mol. The van der Waals surface area contributed by atoms with Crippen LogP contribution in [0.2, 0.25) is 10.0 Å². The Morgan fingerprint density at radius 2 is 1.62 bits per heavy atom. The zero-order chi connectivity index (χ0) is 15.6. The van der Waals surface area contributed by atoms with E-state index in [0.29, 0.717) is 32.7 Å². The molecule has 0 spiro atoms. The number of hydrogen-bond donors (Lipinski definition) is 1. The van der Waals surface area contributed by atoms with E-state index in [0.717, 1.165) is 4.47 Å². The molecule has 0 fully saturated rings. The standard InChI is InChI=1S/C15H13BrCl2O3/c1-20-13-6-11(12(18)7-14(13)21-2)15(19)8-3-9(16)5-10(17)4-8/h3-7,15,19H,1-2H3. The van der Waals surface area contributed by atoms with Gasteiger partial charge in [0.1, 0.15) is 6.10 Å². The van der Waals surface area contributed by atoms with Crippen molar-refractivity contribution in [2.24, 2.45) is 0 Å². The summed E-state index contributed by atoms with van der Waals surface area (Å²) in [7, 11) is 3.05. The molecule has 0 radical (unpaired) electrons. The summed E-state index contributed by atoms with van der Waals surface area (Å²) in [6.07, 6.45) is -0.924. The van der Waals surface area contributed by atoms with Crippen LogP contribution in [0.4, 0.5) is 0 Å². The van der Waals surface area contributed by atoms with E-state index in [-0.39, 0.29) is 0 Å². The third-order valence-electron chi connectivity index (χ3n) is 3.00. The van der Waals surface area contributed by atoms with Gasteiger partial charge in [-0.3, -0.25) is 0 Å². The molecule has 3 nitrogen and oxygen atoms in total. The average Bonchev–Trinajstić information content (AvgIpc) is 2.45.